The maximum absolute atomic E-state index is 12.7. The highest BCUT2D eigenvalue weighted by atomic mass is 16.5. The number of para-hydroxylation sites is 3. The van der Waals surface area contributed by atoms with E-state index in [9.17, 15) is 4.79 Å². The van der Waals surface area contributed by atoms with E-state index in [0.29, 0.717) is 17.9 Å². The van der Waals surface area contributed by atoms with Crippen molar-refractivity contribution in [3.05, 3.63) is 60.2 Å². The zero-order valence-electron chi connectivity index (χ0n) is 15.1. The highest BCUT2D eigenvalue weighted by Gasteiger charge is 2.13. The van der Waals surface area contributed by atoms with Crippen LogP contribution < -0.4 is 15.4 Å². The zero-order valence-corrected chi connectivity index (χ0v) is 15.1. The van der Waals surface area contributed by atoms with Crippen LogP contribution in [0.4, 0.5) is 11.5 Å². The van der Waals surface area contributed by atoms with Gasteiger partial charge in [0.15, 0.2) is 0 Å². The van der Waals surface area contributed by atoms with Crippen LogP contribution >= 0.6 is 0 Å². The van der Waals surface area contributed by atoms with Crippen LogP contribution in [0.25, 0.3) is 10.9 Å². The number of carbonyl (C=O) groups is 1. The Morgan fingerprint density at radius 3 is 2.69 bits per heavy atom. The Balaban J connectivity index is 1.97. The number of pyridine rings is 1. The fourth-order valence-electron chi connectivity index (χ4n) is 2.79. The average Bonchev–Trinajstić information content (AvgIpc) is 2.68. The molecule has 0 saturated carbocycles. The number of anilines is 2. The zero-order chi connectivity index (χ0) is 18.4. The standard InChI is InChI=1S/C21H23N3O2/c1-3-4-13-22-21(25)16-14-20(23-17-10-6-5-9-15(16)17)24-18-11-7-8-12-19(18)26-2/h5-12,14H,3-4,13H2,1-2H3,(H,22,25)(H,23,24). The summed E-state index contributed by atoms with van der Waals surface area (Å²) >= 11 is 0. The molecule has 5 nitrogen and oxygen atoms in total. The van der Waals surface area contributed by atoms with Crippen molar-refractivity contribution in [3.63, 3.8) is 0 Å². The van der Waals surface area contributed by atoms with E-state index in [0.717, 1.165) is 35.2 Å². The molecule has 0 unspecified atom stereocenters. The highest BCUT2D eigenvalue weighted by Crippen LogP contribution is 2.28. The molecule has 0 fully saturated rings. The van der Waals surface area contributed by atoms with Crippen molar-refractivity contribution in [2.45, 2.75) is 19.8 Å². The molecule has 1 heterocycles. The van der Waals surface area contributed by atoms with Crippen LogP contribution in [0.3, 0.4) is 0 Å². The predicted molar refractivity (Wildman–Crippen MR) is 105 cm³/mol. The first-order chi connectivity index (χ1) is 12.7. The van der Waals surface area contributed by atoms with Gasteiger partial charge >= 0.3 is 0 Å². The van der Waals surface area contributed by atoms with Crippen LogP contribution in [0.1, 0.15) is 30.1 Å². The monoisotopic (exact) mass is 349 g/mol. The van der Waals surface area contributed by atoms with Crippen LogP contribution in [0.15, 0.2) is 54.6 Å². The minimum absolute atomic E-state index is 0.0832. The molecule has 2 aromatic carbocycles. The molecule has 26 heavy (non-hydrogen) atoms. The van der Waals surface area contributed by atoms with Gasteiger partial charge in [0.2, 0.25) is 0 Å². The van der Waals surface area contributed by atoms with E-state index in [1.54, 1.807) is 13.2 Å². The number of nitrogens with one attached hydrogen (secondary N) is 2. The summed E-state index contributed by atoms with van der Waals surface area (Å²) in [5.74, 6) is 1.24. The largest absolute Gasteiger partial charge is 0.495 e. The molecule has 0 bridgehead atoms. The van der Waals surface area contributed by atoms with Crippen molar-refractivity contribution < 1.29 is 9.53 Å². The number of rotatable bonds is 7. The summed E-state index contributed by atoms with van der Waals surface area (Å²) < 4.78 is 5.38. The third kappa shape index (κ3) is 3.94. The van der Waals surface area contributed by atoms with Gasteiger partial charge in [-0.3, -0.25) is 4.79 Å². The maximum Gasteiger partial charge on any atom is 0.252 e. The van der Waals surface area contributed by atoms with E-state index in [1.165, 1.54) is 0 Å². The van der Waals surface area contributed by atoms with Crippen molar-refractivity contribution >= 4 is 28.3 Å². The molecule has 0 aliphatic heterocycles. The van der Waals surface area contributed by atoms with Crippen LogP contribution in [-0.2, 0) is 0 Å². The summed E-state index contributed by atoms with van der Waals surface area (Å²) in [6.07, 6.45) is 2.00. The lowest BCUT2D eigenvalue weighted by atomic mass is 10.1. The molecule has 3 rings (SSSR count). The second-order valence-corrected chi connectivity index (χ2v) is 6.01. The van der Waals surface area contributed by atoms with Gasteiger partial charge in [-0.15, -0.1) is 0 Å². The number of unbranched alkanes of at least 4 members (excludes halogenated alkanes) is 1. The van der Waals surface area contributed by atoms with E-state index >= 15 is 0 Å². The molecular formula is C21H23N3O2. The van der Waals surface area contributed by atoms with E-state index in [2.05, 4.69) is 22.5 Å². The van der Waals surface area contributed by atoms with Crippen LogP contribution in [-0.4, -0.2) is 24.5 Å². The van der Waals surface area contributed by atoms with Crippen molar-refractivity contribution in [3.8, 4) is 5.75 Å². The molecule has 0 aliphatic carbocycles. The summed E-state index contributed by atoms with van der Waals surface area (Å²) in [5.41, 5.74) is 2.19. The van der Waals surface area contributed by atoms with Gasteiger partial charge in [-0.05, 0) is 30.7 Å². The van der Waals surface area contributed by atoms with Crippen molar-refractivity contribution in [2.24, 2.45) is 0 Å². The molecule has 0 spiro atoms. The first kappa shape index (κ1) is 17.7. The Bertz CT molecular complexity index is 909. The highest BCUT2D eigenvalue weighted by molar-refractivity contribution is 6.07. The van der Waals surface area contributed by atoms with Crippen LogP contribution in [0, 0.1) is 0 Å². The van der Waals surface area contributed by atoms with E-state index in [4.69, 9.17) is 4.74 Å². The van der Waals surface area contributed by atoms with Gasteiger partial charge in [0.05, 0.1) is 23.9 Å². The van der Waals surface area contributed by atoms with Gasteiger partial charge in [0.1, 0.15) is 11.6 Å². The van der Waals surface area contributed by atoms with Gasteiger partial charge in [-0.2, -0.15) is 0 Å². The maximum atomic E-state index is 12.7. The lowest BCUT2D eigenvalue weighted by Gasteiger charge is -2.13. The summed E-state index contributed by atoms with van der Waals surface area (Å²) in [4.78, 5) is 17.3. The fraction of sp³-hybridized carbons (Fsp3) is 0.238. The number of nitrogens with zero attached hydrogens (tertiary/aromatic N) is 1. The number of carbonyl (C=O) groups excluding carboxylic acids is 1. The fourth-order valence-corrected chi connectivity index (χ4v) is 2.79. The molecule has 2 N–H and O–H groups in total. The summed E-state index contributed by atoms with van der Waals surface area (Å²) in [6, 6.07) is 17.1. The van der Waals surface area contributed by atoms with Crippen molar-refractivity contribution in [1.82, 2.24) is 10.3 Å². The summed E-state index contributed by atoms with van der Waals surface area (Å²) in [7, 11) is 1.63. The molecule has 0 atom stereocenters. The molecule has 0 saturated heterocycles. The minimum Gasteiger partial charge on any atom is -0.495 e. The minimum atomic E-state index is -0.0832. The van der Waals surface area contributed by atoms with Crippen molar-refractivity contribution in [1.29, 1.82) is 0 Å². The molecular weight excluding hydrogens is 326 g/mol. The molecule has 3 aromatic rings. The Kier molecular flexibility index (Phi) is 5.69. The number of benzene rings is 2. The Labute approximate surface area is 153 Å². The third-order valence-electron chi connectivity index (χ3n) is 4.15. The first-order valence-electron chi connectivity index (χ1n) is 8.81. The molecule has 1 aromatic heterocycles. The lowest BCUT2D eigenvalue weighted by Crippen LogP contribution is -2.24. The lowest BCUT2D eigenvalue weighted by molar-refractivity contribution is 0.0955. The van der Waals surface area contributed by atoms with E-state index in [-0.39, 0.29) is 5.91 Å². The Morgan fingerprint density at radius 2 is 1.88 bits per heavy atom. The average molecular weight is 349 g/mol. The molecule has 5 heteroatoms. The third-order valence-corrected chi connectivity index (χ3v) is 4.15. The van der Waals surface area contributed by atoms with E-state index in [1.807, 2.05) is 48.5 Å². The smallest absolute Gasteiger partial charge is 0.252 e. The Hall–Kier alpha value is -3.08. The van der Waals surface area contributed by atoms with Crippen LogP contribution in [0.5, 0.6) is 5.75 Å². The van der Waals surface area contributed by atoms with Gasteiger partial charge in [-0.25, -0.2) is 4.98 Å². The molecule has 134 valence electrons. The van der Waals surface area contributed by atoms with Crippen LogP contribution in [0.2, 0.25) is 0 Å². The molecule has 0 aliphatic rings. The number of hydrogen-bond donors (Lipinski definition) is 2. The van der Waals surface area contributed by atoms with Gasteiger partial charge in [0, 0.05) is 11.9 Å². The van der Waals surface area contributed by atoms with Gasteiger partial charge in [-0.1, -0.05) is 43.7 Å². The Morgan fingerprint density at radius 1 is 1.12 bits per heavy atom. The number of amides is 1. The number of hydrogen-bond acceptors (Lipinski definition) is 4. The number of aromatic nitrogens is 1. The number of fused-ring (bicyclic) bond motifs is 1. The second kappa shape index (κ2) is 8.34. The second-order valence-electron chi connectivity index (χ2n) is 6.01. The SMILES string of the molecule is CCCCNC(=O)c1cc(Nc2ccccc2OC)nc2ccccc12. The molecule has 0 radical (unpaired) electrons. The van der Waals surface area contributed by atoms with Gasteiger partial charge in [0.25, 0.3) is 5.91 Å². The predicted octanol–water partition coefficient (Wildman–Crippen LogP) is 4.52. The topological polar surface area (TPSA) is 63.2 Å². The summed E-state index contributed by atoms with van der Waals surface area (Å²) in [5, 5.41) is 7.09. The first-order valence-corrected chi connectivity index (χ1v) is 8.81. The van der Waals surface area contributed by atoms with E-state index < -0.39 is 0 Å². The van der Waals surface area contributed by atoms with Crippen molar-refractivity contribution in [2.75, 3.05) is 19.0 Å². The number of ether oxygens (including phenoxy) is 1. The molecule has 1 amide bonds. The normalized spacial score (nSPS) is 10.5. The number of methoxy groups -OCH3 is 1. The van der Waals surface area contributed by atoms with Gasteiger partial charge < -0.3 is 15.4 Å². The quantitative estimate of drug-likeness (QED) is 0.616. The summed E-state index contributed by atoms with van der Waals surface area (Å²) in [6.45, 7) is 2.77.